The van der Waals surface area contributed by atoms with Crippen LogP contribution in [0.4, 0.5) is 5.69 Å². The molecule has 0 aliphatic heterocycles. The lowest BCUT2D eigenvalue weighted by molar-refractivity contribution is -0.116. The van der Waals surface area contributed by atoms with Crippen molar-refractivity contribution in [1.29, 1.82) is 0 Å². The highest BCUT2D eigenvalue weighted by Crippen LogP contribution is 2.23. The van der Waals surface area contributed by atoms with Crippen LogP contribution in [0.3, 0.4) is 0 Å². The summed E-state index contributed by atoms with van der Waals surface area (Å²) in [5.74, 6) is 0.777. The van der Waals surface area contributed by atoms with Gasteiger partial charge < -0.3 is 15.2 Å². The lowest BCUT2D eigenvalue weighted by Gasteiger charge is -2.07. The number of hydrogen-bond donors (Lipinski definition) is 2. The summed E-state index contributed by atoms with van der Waals surface area (Å²) in [4.78, 5) is 36.4. The van der Waals surface area contributed by atoms with Crippen molar-refractivity contribution in [1.82, 2.24) is 24.8 Å². The number of benzene rings is 1. The number of rotatable bonds is 6. The van der Waals surface area contributed by atoms with Crippen LogP contribution in [0, 0.1) is 0 Å². The van der Waals surface area contributed by atoms with Crippen LogP contribution in [-0.4, -0.2) is 37.9 Å². The van der Waals surface area contributed by atoms with Crippen LogP contribution in [0.2, 0.25) is 0 Å². The van der Waals surface area contributed by atoms with Crippen molar-refractivity contribution in [3.63, 3.8) is 0 Å². The van der Waals surface area contributed by atoms with Gasteiger partial charge in [0, 0.05) is 44.0 Å². The van der Waals surface area contributed by atoms with Crippen molar-refractivity contribution in [2.75, 3.05) is 11.9 Å². The fourth-order valence-electron chi connectivity index (χ4n) is 2.83. The van der Waals surface area contributed by atoms with Crippen LogP contribution in [0.5, 0.6) is 0 Å². The van der Waals surface area contributed by atoms with Gasteiger partial charge in [0.2, 0.25) is 5.91 Å². The Hall–Kier alpha value is -3.29. The van der Waals surface area contributed by atoms with Crippen molar-refractivity contribution >= 4 is 28.5 Å². The number of anilines is 1. The average molecular weight is 366 g/mol. The molecule has 0 saturated carbocycles. The topological polar surface area (TPSA) is 102 Å². The van der Waals surface area contributed by atoms with Gasteiger partial charge in [-0.3, -0.25) is 14.6 Å². The lowest BCUT2D eigenvalue weighted by Crippen LogP contribution is -2.28. The second kappa shape index (κ2) is 7.94. The highest BCUT2D eigenvalue weighted by atomic mass is 16.2. The standard InChI is InChI=1S/C19H22N6O2/c1-12(2)18-24-14-10-13(4-5-16(14)25(18)3)23-17(26)6-7-22-19(27)15-11-20-8-9-21-15/h4-5,8-12H,6-7H2,1-3H3,(H,22,27)(H,23,26). The van der Waals surface area contributed by atoms with Crippen molar-refractivity contribution in [2.24, 2.45) is 7.05 Å². The maximum atomic E-state index is 12.1. The number of fused-ring (bicyclic) bond motifs is 1. The summed E-state index contributed by atoms with van der Waals surface area (Å²) in [5.41, 5.74) is 2.77. The minimum absolute atomic E-state index is 0.156. The van der Waals surface area contributed by atoms with Crippen molar-refractivity contribution in [3.05, 3.63) is 48.3 Å². The molecule has 0 aliphatic carbocycles. The van der Waals surface area contributed by atoms with E-state index in [9.17, 15) is 9.59 Å². The summed E-state index contributed by atoms with van der Waals surface area (Å²) in [6, 6.07) is 5.65. The van der Waals surface area contributed by atoms with Gasteiger partial charge in [0.05, 0.1) is 17.2 Å². The third kappa shape index (κ3) is 4.28. The first-order valence-electron chi connectivity index (χ1n) is 8.76. The zero-order valence-corrected chi connectivity index (χ0v) is 15.6. The molecule has 2 heterocycles. The van der Waals surface area contributed by atoms with Crippen LogP contribution in [0.15, 0.2) is 36.8 Å². The Morgan fingerprint density at radius 2 is 2.04 bits per heavy atom. The Morgan fingerprint density at radius 1 is 1.22 bits per heavy atom. The molecule has 0 aliphatic rings. The van der Waals surface area contributed by atoms with Gasteiger partial charge in [-0.2, -0.15) is 0 Å². The van der Waals surface area contributed by atoms with Crippen molar-refractivity contribution in [3.8, 4) is 0 Å². The van der Waals surface area contributed by atoms with E-state index >= 15 is 0 Å². The van der Waals surface area contributed by atoms with Gasteiger partial charge in [-0.1, -0.05) is 13.8 Å². The predicted molar refractivity (Wildman–Crippen MR) is 102 cm³/mol. The SMILES string of the molecule is CC(C)c1nc2cc(NC(=O)CCNC(=O)c3cnccn3)ccc2n1C. The van der Waals surface area contributed by atoms with E-state index in [0.717, 1.165) is 16.9 Å². The summed E-state index contributed by atoms with van der Waals surface area (Å²) in [6.45, 7) is 4.41. The number of nitrogens with zero attached hydrogens (tertiary/aromatic N) is 4. The molecule has 3 rings (SSSR count). The molecule has 8 nitrogen and oxygen atoms in total. The van der Waals surface area contributed by atoms with Crippen molar-refractivity contribution in [2.45, 2.75) is 26.2 Å². The number of aryl methyl sites for hydroxylation is 1. The zero-order valence-electron chi connectivity index (χ0n) is 15.6. The van der Waals surface area contributed by atoms with Gasteiger partial charge in [0.25, 0.3) is 5.91 Å². The molecule has 0 spiro atoms. The molecule has 0 radical (unpaired) electrons. The summed E-state index contributed by atoms with van der Waals surface area (Å²) < 4.78 is 2.06. The lowest BCUT2D eigenvalue weighted by atomic mass is 10.2. The smallest absolute Gasteiger partial charge is 0.271 e. The highest BCUT2D eigenvalue weighted by molar-refractivity contribution is 5.94. The number of hydrogen-bond acceptors (Lipinski definition) is 5. The van der Waals surface area contributed by atoms with Crippen LogP contribution in [-0.2, 0) is 11.8 Å². The first-order chi connectivity index (χ1) is 13.0. The van der Waals surface area contributed by atoms with Gasteiger partial charge in [-0.25, -0.2) is 9.97 Å². The number of carbonyl (C=O) groups excluding carboxylic acids is 2. The Labute approximate surface area is 157 Å². The Kier molecular flexibility index (Phi) is 5.44. The maximum Gasteiger partial charge on any atom is 0.271 e. The molecule has 27 heavy (non-hydrogen) atoms. The fraction of sp³-hybridized carbons (Fsp3) is 0.316. The molecule has 0 bridgehead atoms. The molecular formula is C19H22N6O2. The number of nitrogens with one attached hydrogen (secondary N) is 2. The number of aromatic nitrogens is 4. The second-order valence-electron chi connectivity index (χ2n) is 6.53. The average Bonchev–Trinajstić information content (AvgIpc) is 2.98. The highest BCUT2D eigenvalue weighted by Gasteiger charge is 2.12. The summed E-state index contributed by atoms with van der Waals surface area (Å²) in [6.07, 6.45) is 4.47. The molecule has 2 aromatic heterocycles. The maximum absolute atomic E-state index is 12.1. The molecule has 2 amide bonds. The van der Waals surface area contributed by atoms with Crippen LogP contribution in [0.25, 0.3) is 11.0 Å². The van der Waals surface area contributed by atoms with Gasteiger partial charge in [-0.05, 0) is 18.2 Å². The molecule has 2 N–H and O–H groups in total. The molecule has 3 aromatic rings. The van der Waals surface area contributed by atoms with E-state index in [-0.39, 0.29) is 30.5 Å². The van der Waals surface area contributed by atoms with Gasteiger partial charge in [-0.15, -0.1) is 0 Å². The van der Waals surface area contributed by atoms with Crippen LogP contribution < -0.4 is 10.6 Å². The van der Waals surface area contributed by atoms with E-state index in [1.54, 1.807) is 0 Å². The minimum atomic E-state index is -0.355. The van der Waals surface area contributed by atoms with Gasteiger partial charge >= 0.3 is 0 Å². The van der Waals surface area contributed by atoms with Gasteiger partial charge in [0.1, 0.15) is 11.5 Å². The van der Waals surface area contributed by atoms with E-state index in [4.69, 9.17) is 0 Å². The van der Waals surface area contributed by atoms with Crippen LogP contribution in [0.1, 0.15) is 42.5 Å². The minimum Gasteiger partial charge on any atom is -0.350 e. The molecule has 0 fully saturated rings. The molecule has 0 saturated heterocycles. The van der Waals surface area contributed by atoms with E-state index in [1.165, 1.54) is 18.6 Å². The van der Waals surface area contributed by atoms with E-state index < -0.39 is 0 Å². The Balaban J connectivity index is 1.57. The van der Waals surface area contributed by atoms with E-state index in [2.05, 4.69) is 44.0 Å². The largest absolute Gasteiger partial charge is 0.350 e. The Bertz CT molecular complexity index is 965. The molecule has 1 aromatic carbocycles. The quantitative estimate of drug-likeness (QED) is 0.697. The summed E-state index contributed by atoms with van der Waals surface area (Å²) in [7, 11) is 1.99. The monoisotopic (exact) mass is 366 g/mol. The normalized spacial score (nSPS) is 11.0. The molecule has 8 heteroatoms. The Morgan fingerprint density at radius 3 is 2.74 bits per heavy atom. The molecule has 0 unspecified atom stereocenters. The molecule has 0 atom stereocenters. The van der Waals surface area contributed by atoms with Crippen molar-refractivity contribution < 1.29 is 9.59 Å². The molecule has 140 valence electrons. The fourth-order valence-corrected chi connectivity index (χ4v) is 2.83. The molecular weight excluding hydrogens is 344 g/mol. The predicted octanol–water partition coefficient (Wildman–Crippen LogP) is 2.25. The third-order valence-corrected chi connectivity index (χ3v) is 4.15. The van der Waals surface area contributed by atoms with E-state index in [1.807, 2.05) is 25.2 Å². The second-order valence-corrected chi connectivity index (χ2v) is 6.53. The van der Waals surface area contributed by atoms with E-state index in [0.29, 0.717) is 11.6 Å². The summed E-state index contributed by atoms with van der Waals surface area (Å²) in [5, 5.41) is 5.49. The summed E-state index contributed by atoms with van der Waals surface area (Å²) >= 11 is 0. The number of imidazole rings is 1. The number of amides is 2. The third-order valence-electron chi connectivity index (χ3n) is 4.15. The first-order valence-corrected chi connectivity index (χ1v) is 8.76. The zero-order chi connectivity index (χ0) is 19.4. The first kappa shape index (κ1) is 18.5. The van der Waals surface area contributed by atoms with Crippen LogP contribution >= 0.6 is 0 Å². The number of carbonyl (C=O) groups is 2. The van der Waals surface area contributed by atoms with Gasteiger partial charge in [0.15, 0.2) is 0 Å².